The molecule has 0 aliphatic carbocycles. The Balaban J connectivity index is 3.18. The van der Waals surface area contributed by atoms with Gasteiger partial charge in [-0.1, -0.05) is 6.92 Å². The van der Waals surface area contributed by atoms with Crippen LogP contribution in [0.3, 0.4) is 0 Å². The molecule has 0 saturated heterocycles. The molecule has 94 valence electrons. The van der Waals surface area contributed by atoms with Crippen molar-refractivity contribution >= 4 is 16.0 Å². The van der Waals surface area contributed by atoms with Crippen molar-refractivity contribution < 1.29 is 22.7 Å². The van der Waals surface area contributed by atoms with Crippen molar-refractivity contribution in [1.29, 1.82) is 0 Å². The number of carboxylic acid groups (broad SMARTS) is 1. The van der Waals surface area contributed by atoms with Crippen molar-refractivity contribution in [2.24, 2.45) is 0 Å². The molecule has 0 bridgehead atoms. The first-order valence-electron chi connectivity index (χ1n) is 4.72. The van der Waals surface area contributed by atoms with Crippen LogP contribution in [0, 0.1) is 5.82 Å². The average molecular weight is 262 g/mol. The van der Waals surface area contributed by atoms with Crippen LogP contribution in [0.1, 0.15) is 6.92 Å². The van der Waals surface area contributed by atoms with Crippen molar-refractivity contribution in [1.82, 2.24) is 9.29 Å². The largest absolute Gasteiger partial charge is 0.480 e. The lowest BCUT2D eigenvalue weighted by Gasteiger charge is -2.17. The zero-order valence-electron chi connectivity index (χ0n) is 9.00. The highest BCUT2D eigenvalue weighted by Gasteiger charge is 2.29. The van der Waals surface area contributed by atoms with Crippen molar-refractivity contribution in [3.63, 3.8) is 0 Å². The van der Waals surface area contributed by atoms with E-state index in [4.69, 9.17) is 5.11 Å². The number of rotatable bonds is 5. The Bertz CT molecular complexity index is 517. The molecule has 0 unspecified atom stereocenters. The minimum atomic E-state index is -4.21. The van der Waals surface area contributed by atoms with Gasteiger partial charge >= 0.3 is 5.97 Å². The monoisotopic (exact) mass is 262 g/mol. The Morgan fingerprint density at radius 2 is 2.24 bits per heavy atom. The van der Waals surface area contributed by atoms with E-state index in [2.05, 4.69) is 4.98 Å². The van der Waals surface area contributed by atoms with E-state index in [1.54, 1.807) is 0 Å². The molecule has 1 aromatic rings. The number of nitrogens with zero attached hydrogens (tertiary/aromatic N) is 2. The number of pyridine rings is 1. The van der Waals surface area contributed by atoms with E-state index in [-0.39, 0.29) is 6.54 Å². The van der Waals surface area contributed by atoms with E-state index in [1.165, 1.54) is 13.0 Å². The van der Waals surface area contributed by atoms with Crippen LogP contribution in [0.5, 0.6) is 0 Å². The van der Waals surface area contributed by atoms with Crippen LogP contribution in [0.2, 0.25) is 0 Å². The molecule has 6 nitrogen and oxygen atoms in total. The SMILES string of the molecule is CCN(CC(=O)O)S(=O)(=O)c1ncccc1F. The molecule has 0 radical (unpaired) electrons. The Kier molecular flexibility index (Phi) is 4.13. The van der Waals surface area contributed by atoms with Gasteiger partial charge in [0, 0.05) is 12.7 Å². The molecule has 8 heteroatoms. The second-order valence-electron chi connectivity index (χ2n) is 3.12. The van der Waals surface area contributed by atoms with Gasteiger partial charge in [0.15, 0.2) is 5.82 Å². The summed E-state index contributed by atoms with van der Waals surface area (Å²) in [5.74, 6) is -2.32. The molecule has 0 amide bonds. The summed E-state index contributed by atoms with van der Waals surface area (Å²) in [6.45, 7) is 0.654. The maximum absolute atomic E-state index is 13.3. The second kappa shape index (κ2) is 5.19. The molecular weight excluding hydrogens is 251 g/mol. The first kappa shape index (κ1) is 13.5. The number of hydrogen-bond acceptors (Lipinski definition) is 4. The Labute approximate surface area is 97.8 Å². The minimum Gasteiger partial charge on any atom is -0.480 e. The molecule has 0 aromatic carbocycles. The molecule has 0 fully saturated rings. The Morgan fingerprint density at radius 1 is 1.59 bits per heavy atom. The zero-order valence-corrected chi connectivity index (χ0v) is 9.82. The lowest BCUT2D eigenvalue weighted by atomic mass is 10.5. The summed E-state index contributed by atoms with van der Waals surface area (Å²) in [5, 5.41) is 7.81. The summed E-state index contributed by atoms with van der Waals surface area (Å²) in [4.78, 5) is 13.9. The van der Waals surface area contributed by atoms with Crippen LogP contribution >= 0.6 is 0 Å². The predicted octanol–water partition coefficient (Wildman–Crippen LogP) is 0.316. The molecule has 1 heterocycles. The smallest absolute Gasteiger partial charge is 0.318 e. The third kappa shape index (κ3) is 2.98. The van der Waals surface area contributed by atoms with Crippen molar-refractivity contribution in [3.05, 3.63) is 24.1 Å². The van der Waals surface area contributed by atoms with E-state index in [1.807, 2.05) is 0 Å². The van der Waals surface area contributed by atoms with E-state index in [0.29, 0.717) is 4.31 Å². The lowest BCUT2D eigenvalue weighted by Crippen LogP contribution is -2.36. The summed E-state index contributed by atoms with van der Waals surface area (Å²) >= 11 is 0. The quantitative estimate of drug-likeness (QED) is 0.825. The van der Waals surface area contributed by atoms with Gasteiger partial charge in [0.2, 0.25) is 5.03 Å². The number of carboxylic acids is 1. The normalized spacial score (nSPS) is 11.7. The third-order valence-electron chi connectivity index (χ3n) is 1.97. The highest BCUT2D eigenvalue weighted by molar-refractivity contribution is 7.89. The van der Waals surface area contributed by atoms with Crippen LogP contribution < -0.4 is 0 Å². The van der Waals surface area contributed by atoms with Crippen molar-refractivity contribution in [2.45, 2.75) is 11.9 Å². The van der Waals surface area contributed by atoms with Gasteiger partial charge in [-0.05, 0) is 12.1 Å². The highest BCUT2D eigenvalue weighted by atomic mass is 32.2. The number of aliphatic carboxylic acids is 1. The van der Waals surface area contributed by atoms with Crippen molar-refractivity contribution in [3.8, 4) is 0 Å². The maximum atomic E-state index is 13.3. The minimum absolute atomic E-state index is 0.0787. The fourth-order valence-corrected chi connectivity index (χ4v) is 2.57. The van der Waals surface area contributed by atoms with Crippen LogP contribution in [0.15, 0.2) is 23.4 Å². The van der Waals surface area contributed by atoms with Gasteiger partial charge in [-0.25, -0.2) is 17.8 Å². The molecule has 0 atom stereocenters. The number of carbonyl (C=O) groups is 1. The molecule has 1 N–H and O–H groups in total. The molecular formula is C9H11FN2O4S. The molecule has 0 saturated carbocycles. The van der Waals surface area contributed by atoms with E-state index < -0.39 is 33.4 Å². The topological polar surface area (TPSA) is 87.6 Å². The first-order chi connectivity index (χ1) is 7.89. The van der Waals surface area contributed by atoms with Gasteiger partial charge in [0.25, 0.3) is 10.0 Å². The van der Waals surface area contributed by atoms with E-state index >= 15 is 0 Å². The fraction of sp³-hybridized carbons (Fsp3) is 0.333. The standard InChI is InChI=1S/C9H11FN2O4S/c1-2-12(6-8(13)14)17(15,16)9-7(10)4-3-5-11-9/h3-5H,2,6H2,1H3,(H,13,14). The highest BCUT2D eigenvalue weighted by Crippen LogP contribution is 2.15. The molecule has 1 rings (SSSR count). The third-order valence-corrected chi connectivity index (χ3v) is 3.83. The Morgan fingerprint density at radius 3 is 2.71 bits per heavy atom. The van der Waals surface area contributed by atoms with E-state index in [0.717, 1.165) is 12.3 Å². The number of hydrogen-bond donors (Lipinski definition) is 1. The van der Waals surface area contributed by atoms with Gasteiger partial charge in [-0.2, -0.15) is 4.31 Å². The lowest BCUT2D eigenvalue weighted by molar-refractivity contribution is -0.137. The van der Waals surface area contributed by atoms with Gasteiger partial charge in [0.1, 0.15) is 6.54 Å². The summed E-state index contributed by atoms with van der Waals surface area (Å²) < 4.78 is 37.7. The molecule has 17 heavy (non-hydrogen) atoms. The number of aromatic nitrogens is 1. The molecule has 0 aliphatic heterocycles. The summed E-state index contributed by atoms with van der Waals surface area (Å²) in [5.41, 5.74) is 0. The summed E-state index contributed by atoms with van der Waals surface area (Å²) in [7, 11) is -4.21. The summed E-state index contributed by atoms with van der Waals surface area (Å²) in [6, 6.07) is 2.20. The second-order valence-corrected chi connectivity index (χ2v) is 4.97. The number of halogens is 1. The average Bonchev–Trinajstić information content (AvgIpc) is 2.25. The fourth-order valence-electron chi connectivity index (χ4n) is 1.20. The van der Waals surface area contributed by atoms with Crippen LogP contribution in [-0.2, 0) is 14.8 Å². The summed E-state index contributed by atoms with van der Waals surface area (Å²) in [6.07, 6.45) is 1.13. The van der Waals surface area contributed by atoms with Gasteiger partial charge in [-0.3, -0.25) is 4.79 Å². The maximum Gasteiger partial charge on any atom is 0.318 e. The predicted molar refractivity (Wildman–Crippen MR) is 56.3 cm³/mol. The van der Waals surface area contributed by atoms with Gasteiger partial charge in [-0.15, -0.1) is 0 Å². The molecule has 0 spiro atoms. The van der Waals surface area contributed by atoms with Crippen molar-refractivity contribution in [2.75, 3.05) is 13.1 Å². The van der Waals surface area contributed by atoms with Gasteiger partial charge < -0.3 is 5.11 Å². The first-order valence-corrected chi connectivity index (χ1v) is 6.16. The Hall–Kier alpha value is -1.54. The van der Waals surface area contributed by atoms with Crippen LogP contribution in [0.4, 0.5) is 4.39 Å². The number of likely N-dealkylation sites (N-methyl/N-ethyl adjacent to an activating group) is 1. The zero-order chi connectivity index (χ0) is 13.1. The molecule has 1 aromatic heterocycles. The van der Waals surface area contributed by atoms with Crippen LogP contribution in [-0.4, -0.2) is 41.9 Å². The van der Waals surface area contributed by atoms with E-state index in [9.17, 15) is 17.6 Å². The number of sulfonamides is 1. The molecule has 0 aliphatic rings. The van der Waals surface area contributed by atoms with Gasteiger partial charge in [0.05, 0.1) is 0 Å². The van der Waals surface area contributed by atoms with Crippen LogP contribution in [0.25, 0.3) is 0 Å².